The van der Waals surface area contributed by atoms with Crippen molar-refractivity contribution in [2.24, 2.45) is 0 Å². The molecular weight excluding hydrogens is 432 g/mol. The lowest BCUT2D eigenvalue weighted by molar-refractivity contribution is -0.936. The summed E-state index contributed by atoms with van der Waals surface area (Å²) in [6.45, 7) is 7.15. The molecule has 5 aliphatic rings. The molecule has 2 aromatic carbocycles. The number of phenols is 1. The number of benzene rings is 2. The van der Waals surface area contributed by atoms with Crippen LogP contribution in [0.5, 0.6) is 11.5 Å². The summed E-state index contributed by atoms with van der Waals surface area (Å²) < 4.78 is 7.34. The maximum atomic E-state index is 12.7. The molecule has 4 N–H and O–H groups in total. The monoisotopic (exact) mass is 459 g/mol. The van der Waals surface area contributed by atoms with Crippen molar-refractivity contribution in [3.8, 4) is 11.5 Å². The number of aromatic nitrogens is 1. The summed E-state index contributed by atoms with van der Waals surface area (Å²) >= 11 is 0. The van der Waals surface area contributed by atoms with Gasteiger partial charge in [0.2, 0.25) is 0 Å². The van der Waals surface area contributed by atoms with Gasteiger partial charge in [0.25, 0.3) is 0 Å². The standard InChI is InChI=1S/C27H26N2O5/c1-2-9-29-10-7-15-4-6-20(30)23-21(15)27(8-11-29)24(34-23)22-18(13-26(27,33)14-29)17-12-16(25(31)32)3-5-19(17)28-22/h2-6,12,24,28,33H,1,7-11,13-14H2,(H-,30,31,32)/p+1/t24?,26-,27+,29-/m1/s1. The van der Waals surface area contributed by atoms with Gasteiger partial charge in [-0.3, -0.25) is 0 Å². The third-order valence-electron chi connectivity index (χ3n) is 9.05. The second-order valence-electron chi connectivity index (χ2n) is 10.6. The molecular formula is C27H27N2O5+. The van der Waals surface area contributed by atoms with Crippen molar-refractivity contribution < 1.29 is 29.3 Å². The minimum Gasteiger partial charge on any atom is -0.504 e. The van der Waals surface area contributed by atoms with Gasteiger partial charge in [-0.15, -0.1) is 0 Å². The van der Waals surface area contributed by atoms with E-state index in [0.29, 0.717) is 18.7 Å². The maximum Gasteiger partial charge on any atom is 0.335 e. The number of carboxylic acids is 1. The van der Waals surface area contributed by atoms with Crippen molar-refractivity contribution in [2.75, 3.05) is 26.2 Å². The molecule has 1 unspecified atom stereocenters. The Labute approximate surface area is 196 Å². The SMILES string of the molecule is C=CC[N@@+]12CCc3ccc(O)c4c3[C@@]3(CC1)C(O4)c1[nH]c4ccc(C(=O)O)cc4c1C[C@@]3(O)C2. The van der Waals surface area contributed by atoms with Crippen molar-refractivity contribution >= 4 is 16.9 Å². The fourth-order valence-corrected chi connectivity index (χ4v) is 7.63. The highest BCUT2D eigenvalue weighted by atomic mass is 16.5. The summed E-state index contributed by atoms with van der Waals surface area (Å²) in [4.78, 5) is 15.2. The number of nitrogens with one attached hydrogen (secondary N) is 1. The molecule has 4 aliphatic heterocycles. The Kier molecular flexibility index (Phi) is 3.68. The molecule has 34 heavy (non-hydrogen) atoms. The molecule has 174 valence electrons. The zero-order valence-electron chi connectivity index (χ0n) is 18.8. The molecule has 3 aromatic rings. The fraction of sp³-hybridized carbons (Fsp3) is 0.370. The average molecular weight is 460 g/mol. The van der Waals surface area contributed by atoms with Gasteiger partial charge in [-0.05, 0) is 41.5 Å². The number of phenolic OH excluding ortho intramolecular Hbond substituents is 1. The summed E-state index contributed by atoms with van der Waals surface area (Å²) in [5.74, 6) is -0.383. The topological polar surface area (TPSA) is 103 Å². The minimum absolute atomic E-state index is 0.105. The number of quaternary nitrogens is 1. The van der Waals surface area contributed by atoms with Gasteiger partial charge >= 0.3 is 5.97 Å². The van der Waals surface area contributed by atoms with E-state index in [4.69, 9.17) is 4.74 Å². The first kappa shape index (κ1) is 20.1. The Morgan fingerprint density at radius 2 is 2.15 bits per heavy atom. The quantitative estimate of drug-likeness (QED) is 0.356. The van der Waals surface area contributed by atoms with E-state index in [0.717, 1.165) is 70.2 Å². The van der Waals surface area contributed by atoms with Gasteiger partial charge in [0.1, 0.15) is 12.1 Å². The van der Waals surface area contributed by atoms with Crippen LogP contribution in [0, 0.1) is 0 Å². The number of fused-ring (bicyclic) bond motifs is 6. The molecule has 0 saturated carbocycles. The van der Waals surface area contributed by atoms with Gasteiger partial charge in [0.05, 0.1) is 36.3 Å². The molecule has 8 rings (SSSR count). The van der Waals surface area contributed by atoms with Crippen LogP contribution in [0.4, 0.5) is 0 Å². The Morgan fingerprint density at radius 3 is 2.94 bits per heavy atom. The van der Waals surface area contributed by atoms with Gasteiger partial charge in [0, 0.05) is 35.7 Å². The third kappa shape index (κ3) is 2.22. The molecule has 1 aromatic heterocycles. The maximum absolute atomic E-state index is 12.7. The second-order valence-corrected chi connectivity index (χ2v) is 10.6. The zero-order chi connectivity index (χ0) is 23.5. The van der Waals surface area contributed by atoms with Crippen LogP contribution in [0.2, 0.25) is 0 Å². The van der Waals surface area contributed by atoms with E-state index in [1.54, 1.807) is 24.3 Å². The number of carbonyl (C=O) groups is 1. The van der Waals surface area contributed by atoms with Crippen molar-refractivity contribution in [2.45, 2.75) is 36.4 Å². The van der Waals surface area contributed by atoms with Gasteiger partial charge < -0.3 is 29.5 Å². The fourth-order valence-electron chi connectivity index (χ4n) is 7.63. The molecule has 1 fully saturated rings. The predicted octanol–water partition coefficient (Wildman–Crippen LogP) is 3.19. The van der Waals surface area contributed by atoms with Gasteiger partial charge in [-0.1, -0.05) is 12.6 Å². The molecule has 0 radical (unpaired) electrons. The van der Waals surface area contributed by atoms with Crippen LogP contribution in [0.15, 0.2) is 43.0 Å². The number of hydrogen-bond acceptors (Lipinski definition) is 4. The van der Waals surface area contributed by atoms with E-state index >= 15 is 0 Å². The number of aromatic hydroxyl groups is 1. The first-order valence-corrected chi connectivity index (χ1v) is 11.9. The summed E-state index contributed by atoms with van der Waals surface area (Å²) in [5, 5.41) is 33.8. The van der Waals surface area contributed by atoms with Crippen LogP contribution in [-0.4, -0.2) is 62.5 Å². The lowest BCUT2D eigenvalue weighted by Gasteiger charge is -2.60. The Balaban J connectivity index is 1.54. The van der Waals surface area contributed by atoms with Crippen molar-refractivity contribution in [3.63, 3.8) is 0 Å². The Bertz CT molecular complexity index is 1430. The summed E-state index contributed by atoms with van der Waals surface area (Å²) in [7, 11) is 0. The molecule has 1 spiro atoms. The Morgan fingerprint density at radius 1 is 1.29 bits per heavy atom. The molecule has 4 atom stereocenters. The lowest BCUT2D eigenvalue weighted by atomic mass is 9.53. The second kappa shape index (κ2) is 6.23. The number of aromatic amines is 1. The number of H-pyrrole nitrogens is 1. The number of nitrogens with zero attached hydrogens (tertiary/aromatic N) is 1. The van der Waals surface area contributed by atoms with E-state index in [-0.39, 0.29) is 11.3 Å². The average Bonchev–Trinajstić information content (AvgIpc) is 3.33. The van der Waals surface area contributed by atoms with Crippen molar-refractivity contribution in [3.05, 3.63) is 70.9 Å². The smallest absolute Gasteiger partial charge is 0.335 e. The van der Waals surface area contributed by atoms with E-state index in [1.807, 2.05) is 12.1 Å². The molecule has 1 saturated heterocycles. The van der Waals surface area contributed by atoms with Crippen molar-refractivity contribution in [1.29, 1.82) is 0 Å². The Hall–Kier alpha value is -3.29. The van der Waals surface area contributed by atoms with Crippen LogP contribution in [0.1, 0.15) is 45.3 Å². The van der Waals surface area contributed by atoms with Crippen LogP contribution in [0.3, 0.4) is 0 Å². The first-order valence-electron chi connectivity index (χ1n) is 11.9. The summed E-state index contributed by atoms with van der Waals surface area (Å²) in [5.41, 5.74) is 3.15. The normalized spacial score (nSPS) is 32.4. The van der Waals surface area contributed by atoms with Crippen molar-refractivity contribution in [1.82, 2.24) is 4.98 Å². The van der Waals surface area contributed by atoms with E-state index in [2.05, 4.69) is 11.6 Å². The molecule has 1 aliphatic carbocycles. The van der Waals surface area contributed by atoms with Crippen LogP contribution in [0.25, 0.3) is 10.9 Å². The van der Waals surface area contributed by atoms with Gasteiger partial charge in [-0.2, -0.15) is 0 Å². The lowest BCUT2D eigenvalue weighted by Crippen LogP contribution is -2.74. The third-order valence-corrected chi connectivity index (χ3v) is 9.05. The number of aliphatic hydroxyl groups is 1. The first-order chi connectivity index (χ1) is 16.3. The number of piperidine rings is 1. The van der Waals surface area contributed by atoms with E-state index < -0.39 is 23.1 Å². The minimum atomic E-state index is -1.12. The molecule has 7 heteroatoms. The number of hydrogen-bond donors (Lipinski definition) is 4. The number of ether oxygens (including phenoxy) is 1. The number of carboxylic acid groups (broad SMARTS) is 1. The summed E-state index contributed by atoms with van der Waals surface area (Å²) in [6, 6.07) is 8.77. The van der Waals surface area contributed by atoms with E-state index in [1.165, 1.54) is 0 Å². The number of aromatic carboxylic acids is 1. The van der Waals surface area contributed by atoms with Crippen LogP contribution in [-0.2, 0) is 18.3 Å². The number of rotatable bonds is 3. The molecule has 2 bridgehead atoms. The van der Waals surface area contributed by atoms with Gasteiger partial charge in [0.15, 0.2) is 17.6 Å². The van der Waals surface area contributed by atoms with Crippen LogP contribution < -0.4 is 4.74 Å². The zero-order valence-corrected chi connectivity index (χ0v) is 18.8. The molecule has 7 nitrogen and oxygen atoms in total. The molecule has 5 heterocycles. The largest absolute Gasteiger partial charge is 0.504 e. The van der Waals surface area contributed by atoms with Gasteiger partial charge in [-0.25, -0.2) is 4.79 Å². The van der Waals surface area contributed by atoms with Crippen LogP contribution >= 0.6 is 0 Å². The van der Waals surface area contributed by atoms with E-state index in [9.17, 15) is 20.1 Å². The highest BCUT2D eigenvalue weighted by Gasteiger charge is 2.71. The highest BCUT2D eigenvalue weighted by molar-refractivity contribution is 5.95. The highest BCUT2D eigenvalue weighted by Crippen LogP contribution is 2.66. The predicted molar refractivity (Wildman–Crippen MR) is 125 cm³/mol. The summed E-state index contributed by atoms with van der Waals surface area (Å²) in [6.07, 6.45) is 3.46. The molecule has 0 amide bonds.